The van der Waals surface area contributed by atoms with Crippen LogP contribution in [-0.2, 0) is 9.05 Å². The molecule has 1 aromatic heterocycles. The molecule has 0 spiro atoms. The molecule has 5 nitrogen and oxygen atoms in total. The van der Waals surface area contributed by atoms with Gasteiger partial charge in [-0.1, -0.05) is 12.1 Å². The highest BCUT2D eigenvalue weighted by molar-refractivity contribution is 8.13. The smallest absolute Gasteiger partial charge is 0.338 e. The van der Waals surface area contributed by atoms with Gasteiger partial charge in [-0.25, -0.2) is 18.4 Å². The Bertz CT molecular complexity index is 714. The Morgan fingerprint density at radius 3 is 2.59 bits per heavy atom. The average molecular weight is 274 g/mol. The van der Waals surface area contributed by atoms with Gasteiger partial charge in [0.05, 0.1) is 16.2 Å². The number of halogens is 1. The largest absolute Gasteiger partial charge is 0.360 e. The Balaban J connectivity index is 2.62. The number of hydrogen-bond acceptors (Lipinski definition) is 4. The SMILES string of the molecule is Cc1c(-c2cccc(S(=O)(=O)Cl)c2)[nH]oc1=O. The van der Waals surface area contributed by atoms with E-state index in [1.54, 1.807) is 13.0 Å². The van der Waals surface area contributed by atoms with Crippen LogP contribution < -0.4 is 5.63 Å². The van der Waals surface area contributed by atoms with Gasteiger partial charge in [-0.3, -0.25) is 0 Å². The normalized spacial score (nSPS) is 11.6. The molecule has 90 valence electrons. The van der Waals surface area contributed by atoms with Crippen molar-refractivity contribution in [3.63, 3.8) is 0 Å². The number of H-pyrrole nitrogens is 1. The molecule has 0 fully saturated rings. The minimum atomic E-state index is -3.79. The quantitative estimate of drug-likeness (QED) is 0.847. The molecule has 0 saturated heterocycles. The van der Waals surface area contributed by atoms with Gasteiger partial charge in [0, 0.05) is 16.2 Å². The molecule has 0 aliphatic heterocycles. The summed E-state index contributed by atoms with van der Waals surface area (Å²) in [4.78, 5) is 11.1. The first-order valence-electron chi connectivity index (χ1n) is 4.63. The van der Waals surface area contributed by atoms with Crippen molar-refractivity contribution in [1.82, 2.24) is 5.16 Å². The fourth-order valence-corrected chi connectivity index (χ4v) is 2.23. The zero-order valence-electron chi connectivity index (χ0n) is 8.73. The molecule has 0 amide bonds. The maximum absolute atomic E-state index is 11.2. The number of aromatic amines is 1. The van der Waals surface area contributed by atoms with Crippen LogP contribution in [0.2, 0.25) is 0 Å². The van der Waals surface area contributed by atoms with Crippen molar-refractivity contribution in [3.05, 3.63) is 40.2 Å². The Morgan fingerprint density at radius 1 is 1.35 bits per heavy atom. The van der Waals surface area contributed by atoms with Crippen molar-refractivity contribution >= 4 is 19.7 Å². The van der Waals surface area contributed by atoms with E-state index in [0.29, 0.717) is 16.8 Å². The third-order valence-electron chi connectivity index (χ3n) is 2.33. The molecular weight excluding hydrogens is 266 g/mol. The molecule has 0 aliphatic carbocycles. The molecule has 1 N–H and O–H groups in total. The van der Waals surface area contributed by atoms with E-state index in [4.69, 9.17) is 10.7 Å². The van der Waals surface area contributed by atoms with Crippen LogP contribution >= 0.6 is 10.7 Å². The number of benzene rings is 1. The first-order valence-corrected chi connectivity index (χ1v) is 6.93. The Kier molecular flexibility index (Phi) is 2.84. The van der Waals surface area contributed by atoms with E-state index >= 15 is 0 Å². The molecule has 2 aromatic rings. The molecule has 0 bridgehead atoms. The lowest BCUT2D eigenvalue weighted by atomic mass is 10.1. The first-order chi connectivity index (χ1) is 7.89. The van der Waals surface area contributed by atoms with Crippen LogP contribution in [-0.4, -0.2) is 13.6 Å². The van der Waals surface area contributed by atoms with Crippen LogP contribution in [0.25, 0.3) is 11.3 Å². The lowest BCUT2D eigenvalue weighted by molar-refractivity contribution is 0.393. The van der Waals surface area contributed by atoms with Gasteiger partial charge in [0.25, 0.3) is 9.05 Å². The van der Waals surface area contributed by atoms with Crippen molar-refractivity contribution in [3.8, 4) is 11.3 Å². The van der Waals surface area contributed by atoms with Gasteiger partial charge in [0.2, 0.25) is 0 Å². The summed E-state index contributed by atoms with van der Waals surface area (Å²) >= 11 is 0. The third-order valence-corrected chi connectivity index (χ3v) is 3.68. The fourth-order valence-electron chi connectivity index (χ4n) is 1.43. The van der Waals surface area contributed by atoms with Gasteiger partial charge < -0.3 is 4.52 Å². The van der Waals surface area contributed by atoms with E-state index in [1.165, 1.54) is 18.2 Å². The Hall–Kier alpha value is -1.53. The van der Waals surface area contributed by atoms with E-state index < -0.39 is 14.7 Å². The van der Waals surface area contributed by atoms with E-state index in [0.717, 1.165) is 0 Å². The summed E-state index contributed by atoms with van der Waals surface area (Å²) in [5.41, 5.74) is 0.862. The summed E-state index contributed by atoms with van der Waals surface area (Å²) in [6, 6.07) is 5.93. The number of hydrogen-bond donors (Lipinski definition) is 1. The molecule has 17 heavy (non-hydrogen) atoms. The molecular formula is C10H8ClNO4S. The van der Waals surface area contributed by atoms with E-state index in [1.807, 2.05) is 0 Å². The van der Waals surface area contributed by atoms with Crippen LogP contribution in [0, 0.1) is 6.92 Å². The average Bonchev–Trinajstić information content (AvgIpc) is 2.59. The maximum Gasteiger partial charge on any atom is 0.360 e. The summed E-state index contributed by atoms with van der Waals surface area (Å²) < 4.78 is 27.0. The summed E-state index contributed by atoms with van der Waals surface area (Å²) in [5.74, 6) is 0. The van der Waals surface area contributed by atoms with E-state index in [-0.39, 0.29) is 4.90 Å². The molecule has 0 atom stereocenters. The predicted octanol–water partition coefficient (Wildman–Crippen LogP) is 1.87. The van der Waals surface area contributed by atoms with Gasteiger partial charge in [-0.05, 0) is 19.1 Å². The molecule has 2 rings (SSSR count). The van der Waals surface area contributed by atoms with Crippen LogP contribution in [0.1, 0.15) is 5.56 Å². The highest BCUT2D eigenvalue weighted by Gasteiger charge is 2.14. The van der Waals surface area contributed by atoms with E-state index in [2.05, 4.69) is 9.68 Å². The second kappa shape index (κ2) is 4.05. The summed E-state index contributed by atoms with van der Waals surface area (Å²) in [5, 5.41) is 2.44. The summed E-state index contributed by atoms with van der Waals surface area (Å²) in [6.07, 6.45) is 0. The highest BCUT2D eigenvalue weighted by Crippen LogP contribution is 2.23. The summed E-state index contributed by atoms with van der Waals surface area (Å²) in [6.45, 7) is 1.58. The topological polar surface area (TPSA) is 80.1 Å². The van der Waals surface area contributed by atoms with Gasteiger partial charge in [-0.15, -0.1) is 0 Å². The number of nitrogens with one attached hydrogen (secondary N) is 1. The minimum absolute atomic E-state index is 0.0295. The van der Waals surface area contributed by atoms with Gasteiger partial charge in [-0.2, -0.15) is 0 Å². The molecule has 0 saturated carbocycles. The van der Waals surface area contributed by atoms with Crippen LogP contribution in [0.15, 0.2) is 38.5 Å². The van der Waals surface area contributed by atoms with Crippen molar-refractivity contribution in [2.45, 2.75) is 11.8 Å². The predicted molar refractivity (Wildman–Crippen MR) is 62.5 cm³/mol. The zero-order chi connectivity index (χ0) is 12.6. The van der Waals surface area contributed by atoms with Crippen molar-refractivity contribution in [2.24, 2.45) is 0 Å². The molecule has 0 unspecified atom stereocenters. The minimum Gasteiger partial charge on any atom is -0.338 e. The fraction of sp³-hybridized carbons (Fsp3) is 0.100. The summed E-state index contributed by atoms with van der Waals surface area (Å²) in [7, 11) is 1.45. The molecule has 7 heteroatoms. The molecule has 0 aliphatic rings. The Morgan fingerprint density at radius 2 is 2.06 bits per heavy atom. The first kappa shape index (κ1) is 11.9. The lowest BCUT2D eigenvalue weighted by Crippen LogP contribution is -1.96. The van der Waals surface area contributed by atoms with Crippen LogP contribution in [0.5, 0.6) is 0 Å². The van der Waals surface area contributed by atoms with Gasteiger partial charge in [0.15, 0.2) is 0 Å². The lowest BCUT2D eigenvalue weighted by Gasteiger charge is -2.00. The number of rotatable bonds is 2. The molecule has 1 heterocycles. The number of aromatic nitrogens is 1. The standard InChI is InChI=1S/C10H8ClNO4S/c1-6-9(12-16-10(6)13)7-3-2-4-8(5-7)17(11,14)15/h2-5,12H,1H3. The van der Waals surface area contributed by atoms with Crippen molar-refractivity contribution in [2.75, 3.05) is 0 Å². The van der Waals surface area contributed by atoms with Crippen molar-refractivity contribution < 1.29 is 12.9 Å². The van der Waals surface area contributed by atoms with Crippen LogP contribution in [0.4, 0.5) is 0 Å². The second-order valence-corrected chi connectivity index (χ2v) is 6.02. The zero-order valence-corrected chi connectivity index (χ0v) is 10.3. The second-order valence-electron chi connectivity index (χ2n) is 3.46. The van der Waals surface area contributed by atoms with E-state index in [9.17, 15) is 13.2 Å². The van der Waals surface area contributed by atoms with Gasteiger partial charge >= 0.3 is 5.63 Å². The monoisotopic (exact) mass is 273 g/mol. The Labute approximate surface area is 101 Å². The molecule has 0 radical (unpaired) electrons. The highest BCUT2D eigenvalue weighted by atomic mass is 35.7. The third kappa shape index (κ3) is 2.27. The maximum atomic E-state index is 11.2. The van der Waals surface area contributed by atoms with Gasteiger partial charge in [0.1, 0.15) is 0 Å². The molecule has 1 aromatic carbocycles. The van der Waals surface area contributed by atoms with Crippen LogP contribution in [0.3, 0.4) is 0 Å². The van der Waals surface area contributed by atoms with Crippen molar-refractivity contribution in [1.29, 1.82) is 0 Å².